The second kappa shape index (κ2) is 52.6. The molecular formula is C65H118O18. The molecule has 1 heterocycles. The molecule has 0 amide bonds. The first-order valence-electron chi connectivity index (χ1n) is 32.1. The highest BCUT2D eigenvalue weighted by Gasteiger charge is 2.35. The first-order valence-corrected chi connectivity index (χ1v) is 32.1. The van der Waals surface area contributed by atoms with E-state index >= 15 is 0 Å². The summed E-state index contributed by atoms with van der Waals surface area (Å²) in [5.41, 5.74) is 4.13. The molecule has 0 saturated heterocycles. The van der Waals surface area contributed by atoms with E-state index in [4.69, 9.17) is 76.2 Å². The van der Waals surface area contributed by atoms with Gasteiger partial charge in [-0.05, 0) is 101 Å². The number of rotatable bonds is 60. The summed E-state index contributed by atoms with van der Waals surface area (Å²) in [6, 6.07) is 0. The Morgan fingerprint density at radius 1 is 0.434 bits per heavy atom. The molecule has 0 aromatic heterocycles. The Hall–Kier alpha value is -2.56. The fourth-order valence-electron chi connectivity index (χ4n) is 9.70. The van der Waals surface area contributed by atoms with Gasteiger partial charge in [-0.3, -0.25) is 9.59 Å². The maximum absolute atomic E-state index is 13.0. The second-order valence-electron chi connectivity index (χ2n) is 22.8. The average molecular weight is 1190 g/mol. The molecular weight excluding hydrogens is 1070 g/mol. The number of carbonyl (C=O) groups excluding carboxylic acids is 2. The van der Waals surface area contributed by atoms with Gasteiger partial charge in [0.2, 0.25) is 0 Å². The van der Waals surface area contributed by atoms with E-state index in [-0.39, 0.29) is 30.8 Å². The third-order valence-electron chi connectivity index (χ3n) is 14.9. The number of hydrogen-bond donors (Lipinski definition) is 1. The van der Waals surface area contributed by atoms with Gasteiger partial charge < -0.3 is 76.2 Å². The summed E-state index contributed by atoms with van der Waals surface area (Å²) in [5, 5.41) is 8.62. The summed E-state index contributed by atoms with van der Waals surface area (Å²) < 4.78 is 83.7. The Morgan fingerprint density at radius 2 is 0.783 bits per heavy atom. The minimum absolute atomic E-state index is 0.0175. The van der Waals surface area contributed by atoms with Crippen molar-refractivity contribution < 1.29 is 85.7 Å². The maximum atomic E-state index is 13.0. The Morgan fingerprint density at radius 3 is 1.18 bits per heavy atom. The Balaban J connectivity index is 1.31. The summed E-state index contributed by atoms with van der Waals surface area (Å²) in [5.74, 6) is 3.73. The van der Waals surface area contributed by atoms with Crippen molar-refractivity contribution in [1.29, 1.82) is 0 Å². The van der Waals surface area contributed by atoms with Crippen LogP contribution in [0, 0.1) is 38.5 Å². The van der Waals surface area contributed by atoms with Gasteiger partial charge in [-0.25, -0.2) is 0 Å². The monoisotopic (exact) mass is 1190 g/mol. The van der Waals surface area contributed by atoms with Crippen LogP contribution in [-0.2, 0) is 77.6 Å². The van der Waals surface area contributed by atoms with E-state index in [1.165, 1.54) is 56.9 Å². The largest absolute Gasteiger partial charge is 0.487 e. The molecule has 0 spiro atoms. The van der Waals surface area contributed by atoms with Crippen LogP contribution in [0.5, 0.6) is 11.5 Å². The number of carbonyl (C=O) groups is 2. The molecule has 18 nitrogen and oxygen atoms in total. The maximum Gasteiger partial charge on any atom is 0.311 e. The zero-order chi connectivity index (χ0) is 60.3. The lowest BCUT2D eigenvalue weighted by atomic mass is 9.83. The van der Waals surface area contributed by atoms with Crippen LogP contribution in [0.25, 0.3) is 0 Å². The zero-order valence-corrected chi connectivity index (χ0v) is 53.4. The minimum Gasteiger partial charge on any atom is -0.487 e. The van der Waals surface area contributed by atoms with E-state index in [1.807, 2.05) is 0 Å². The molecule has 18 heteroatoms. The van der Waals surface area contributed by atoms with E-state index in [0.717, 1.165) is 98.0 Å². The van der Waals surface area contributed by atoms with Gasteiger partial charge in [0.05, 0.1) is 165 Å². The highest BCUT2D eigenvalue weighted by atomic mass is 16.6. The van der Waals surface area contributed by atoms with Crippen molar-refractivity contribution in [2.45, 2.75) is 183 Å². The van der Waals surface area contributed by atoms with E-state index in [9.17, 15) is 9.59 Å². The Kier molecular flexibility index (Phi) is 48.5. The molecule has 0 radical (unpaired) electrons. The molecule has 1 aliphatic heterocycles. The van der Waals surface area contributed by atoms with Crippen LogP contribution in [0.3, 0.4) is 0 Å². The van der Waals surface area contributed by atoms with Gasteiger partial charge in [0.1, 0.15) is 23.7 Å². The van der Waals surface area contributed by atoms with Crippen LogP contribution in [-0.4, -0.2) is 194 Å². The zero-order valence-electron chi connectivity index (χ0n) is 53.4. The molecule has 0 saturated carbocycles. The number of ether oxygens (including phenoxy) is 15. The smallest absolute Gasteiger partial charge is 0.311 e. The standard InChI is InChI=1S/C65H118O18/c1-54(2)18-15-19-55(3)20-16-21-56(4)22-17-26-65(8)27-25-60-59(7)63(57(5)58(6)64(60)83-65)82-62(68)24-14-12-10-9-11-13-23-61(67)81-53-52-80-51-50-79-49-48-78-47-46-77-45-44-76-43-42-75-41-40-74-39-38-73-37-36-72-35-34-71-33-32-70-31-30-69-29-28-66/h54-56,66H,9-53H2,1-8H3. The number of hydrogen-bond acceptors (Lipinski definition) is 18. The van der Waals surface area contributed by atoms with Gasteiger partial charge in [0, 0.05) is 18.4 Å². The van der Waals surface area contributed by atoms with Crippen molar-refractivity contribution in [1.82, 2.24) is 0 Å². The Bertz CT molecular complexity index is 1700. The highest BCUT2D eigenvalue weighted by molar-refractivity contribution is 5.74. The molecule has 0 aliphatic carbocycles. The molecule has 3 atom stereocenters. The number of fused-ring (bicyclic) bond motifs is 1. The minimum atomic E-state index is -0.207. The number of aliphatic hydroxyl groups is 1. The second-order valence-corrected chi connectivity index (χ2v) is 22.8. The molecule has 2 rings (SSSR count). The van der Waals surface area contributed by atoms with E-state index in [1.54, 1.807) is 0 Å². The SMILES string of the molecule is Cc1c(C)c2c(c(C)c1OC(=O)CCCCCCCCC(=O)OCCOCCOCCOCCOCCOCCOCCOCCOCCOCCOCCOCCOCCO)CCC(C)(CCCC(C)CCCC(C)CCCC(C)C)O2. The molecule has 1 aromatic carbocycles. The molecule has 1 aliphatic rings. The Labute approximate surface area is 502 Å². The first kappa shape index (κ1) is 76.5. The highest BCUT2D eigenvalue weighted by Crippen LogP contribution is 2.45. The fourth-order valence-corrected chi connectivity index (χ4v) is 9.70. The summed E-state index contributed by atoms with van der Waals surface area (Å²) in [4.78, 5) is 25.2. The van der Waals surface area contributed by atoms with Crippen LogP contribution in [0.2, 0.25) is 0 Å². The molecule has 0 fully saturated rings. The number of esters is 2. The van der Waals surface area contributed by atoms with Crippen molar-refractivity contribution in [2.24, 2.45) is 17.8 Å². The molecule has 486 valence electrons. The van der Waals surface area contributed by atoms with E-state index in [2.05, 4.69) is 55.4 Å². The number of unbranched alkanes of at least 4 members (excludes halogenated alkanes) is 5. The van der Waals surface area contributed by atoms with Crippen LogP contribution in [0.1, 0.15) is 172 Å². The third kappa shape index (κ3) is 42.0. The van der Waals surface area contributed by atoms with Crippen molar-refractivity contribution in [3.63, 3.8) is 0 Å². The lowest BCUT2D eigenvalue weighted by Gasteiger charge is -2.38. The van der Waals surface area contributed by atoms with Gasteiger partial charge >= 0.3 is 11.9 Å². The van der Waals surface area contributed by atoms with Crippen LogP contribution >= 0.6 is 0 Å². The average Bonchev–Trinajstić information content (AvgIpc) is 2.24. The molecule has 1 aromatic rings. The normalized spacial score (nSPS) is 15.0. The van der Waals surface area contributed by atoms with E-state index < -0.39 is 0 Å². The molecule has 3 unspecified atom stereocenters. The molecule has 83 heavy (non-hydrogen) atoms. The molecule has 0 bridgehead atoms. The van der Waals surface area contributed by atoms with Gasteiger partial charge in [-0.1, -0.05) is 98.3 Å². The predicted octanol–water partition coefficient (Wildman–Crippen LogP) is 10.9. The first-order chi connectivity index (χ1) is 40.4. The number of benzene rings is 1. The summed E-state index contributed by atoms with van der Waals surface area (Å²) >= 11 is 0. The summed E-state index contributed by atoms with van der Waals surface area (Å²) in [6.45, 7) is 29.4. The van der Waals surface area contributed by atoms with Crippen molar-refractivity contribution in [3.05, 3.63) is 22.3 Å². The quantitative estimate of drug-likeness (QED) is 0.0367. The van der Waals surface area contributed by atoms with Gasteiger partial charge in [0.25, 0.3) is 0 Å². The lowest BCUT2D eigenvalue weighted by Crippen LogP contribution is -2.37. The van der Waals surface area contributed by atoms with Crippen molar-refractivity contribution in [3.8, 4) is 11.5 Å². The van der Waals surface area contributed by atoms with Gasteiger partial charge in [0.15, 0.2) is 0 Å². The van der Waals surface area contributed by atoms with Crippen LogP contribution in [0.4, 0.5) is 0 Å². The summed E-state index contributed by atoms with van der Waals surface area (Å²) in [6.07, 6.45) is 19.8. The van der Waals surface area contributed by atoms with Crippen LogP contribution in [0.15, 0.2) is 0 Å². The third-order valence-corrected chi connectivity index (χ3v) is 14.9. The predicted molar refractivity (Wildman–Crippen MR) is 323 cm³/mol. The van der Waals surface area contributed by atoms with Crippen molar-refractivity contribution in [2.75, 3.05) is 172 Å². The van der Waals surface area contributed by atoms with Crippen molar-refractivity contribution >= 4 is 11.9 Å². The van der Waals surface area contributed by atoms with Gasteiger partial charge in [-0.2, -0.15) is 0 Å². The van der Waals surface area contributed by atoms with Gasteiger partial charge in [-0.15, -0.1) is 0 Å². The van der Waals surface area contributed by atoms with Crippen LogP contribution < -0.4 is 9.47 Å². The lowest BCUT2D eigenvalue weighted by molar-refractivity contribution is -0.145. The summed E-state index contributed by atoms with van der Waals surface area (Å²) in [7, 11) is 0. The number of aliphatic hydroxyl groups excluding tert-OH is 1. The molecule has 1 N–H and O–H groups in total. The topological polar surface area (TPSA) is 193 Å². The van der Waals surface area contributed by atoms with E-state index in [0.29, 0.717) is 177 Å². The fraction of sp³-hybridized carbons (Fsp3) is 0.877.